The largest absolute Gasteiger partial charge is 0.453 e. The normalized spacial score (nSPS) is 13.9. The highest BCUT2D eigenvalue weighted by Gasteiger charge is 2.37. The van der Waals surface area contributed by atoms with Crippen LogP contribution in [-0.4, -0.2) is 32.0 Å². The van der Waals surface area contributed by atoms with Gasteiger partial charge in [0.2, 0.25) is 5.91 Å². The number of rotatable bonds is 3. The van der Waals surface area contributed by atoms with Crippen molar-refractivity contribution < 1.29 is 26.7 Å². The number of hydrogen-bond donors (Lipinski definition) is 0. The van der Waals surface area contributed by atoms with Gasteiger partial charge in [-0.05, 0) is 38.3 Å². The molecule has 6 nitrogen and oxygen atoms in total. The van der Waals surface area contributed by atoms with Crippen LogP contribution in [0.15, 0.2) is 12.1 Å². The summed E-state index contributed by atoms with van der Waals surface area (Å²) < 4.78 is 67.2. The van der Waals surface area contributed by atoms with Crippen LogP contribution in [0.1, 0.15) is 34.8 Å². The van der Waals surface area contributed by atoms with Crippen LogP contribution < -0.4 is 4.90 Å². The third kappa shape index (κ3) is 3.37. The second kappa shape index (κ2) is 6.99. The third-order valence-electron chi connectivity index (χ3n) is 5.21. The average molecular weight is 425 g/mol. The summed E-state index contributed by atoms with van der Waals surface area (Å²) >= 11 is 0. The molecule has 11 heteroatoms. The van der Waals surface area contributed by atoms with Gasteiger partial charge in [-0.25, -0.2) is 18.3 Å². The van der Waals surface area contributed by atoms with Crippen molar-refractivity contribution in [3.05, 3.63) is 52.1 Å². The molecule has 1 aliphatic rings. The molecule has 3 heterocycles. The predicted molar refractivity (Wildman–Crippen MR) is 96.0 cm³/mol. The lowest BCUT2D eigenvalue weighted by Gasteiger charge is -2.18. The molecule has 0 radical (unpaired) electrons. The molecular formula is C19H16F5N5O. The second-order valence-electron chi connectivity index (χ2n) is 7.09. The molecule has 0 fully saturated rings. The molecule has 0 aliphatic carbocycles. The number of aromatic nitrogens is 4. The number of aryl methyl sites for hydroxylation is 2. The highest BCUT2D eigenvalue weighted by molar-refractivity contribution is 5.95. The molecule has 0 N–H and O–H groups in total. The van der Waals surface area contributed by atoms with Gasteiger partial charge in [-0.15, -0.1) is 5.10 Å². The highest BCUT2D eigenvalue weighted by atomic mass is 19.4. The lowest BCUT2D eigenvalue weighted by atomic mass is 10.1. The Bertz CT molecular complexity index is 1170. The number of halogens is 5. The summed E-state index contributed by atoms with van der Waals surface area (Å²) in [6, 6.07) is 1.91. The maximum atomic E-state index is 13.9. The standard InChI is InChI=1S/C19H16F5N5O/c1-9-12(10(2)29-18(25-9)26-17(27-29)19(22,23)24)3-4-16(30)28-6-5-13-14(21)7-11(20)8-15(13)28/h7-8H,3-6H2,1-2H3. The monoisotopic (exact) mass is 425 g/mol. The Morgan fingerprint density at radius 2 is 1.90 bits per heavy atom. The van der Waals surface area contributed by atoms with E-state index in [2.05, 4.69) is 15.1 Å². The minimum atomic E-state index is -4.70. The van der Waals surface area contributed by atoms with Gasteiger partial charge >= 0.3 is 6.18 Å². The number of amides is 1. The number of hydrogen-bond acceptors (Lipinski definition) is 4. The van der Waals surface area contributed by atoms with E-state index in [0.29, 0.717) is 22.5 Å². The minimum Gasteiger partial charge on any atom is -0.312 e. The van der Waals surface area contributed by atoms with E-state index in [9.17, 15) is 26.7 Å². The zero-order valence-corrected chi connectivity index (χ0v) is 16.0. The predicted octanol–water partition coefficient (Wildman–Crippen LogP) is 3.56. The van der Waals surface area contributed by atoms with Crippen LogP contribution in [0.5, 0.6) is 0 Å². The highest BCUT2D eigenvalue weighted by Crippen LogP contribution is 2.32. The van der Waals surface area contributed by atoms with Gasteiger partial charge in [0.05, 0.1) is 5.69 Å². The maximum Gasteiger partial charge on any atom is 0.453 e. The first-order valence-corrected chi connectivity index (χ1v) is 9.14. The second-order valence-corrected chi connectivity index (χ2v) is 7.09. The van der Waals surface area contributed by atoms with Gasteiger partial charge in [-0.2, -0.15) is 18.2 Å². The molecule has 0 saturated heterocycles. The Morgan fingerprint density at radius 1 is 1.17 bits per heavy atom. The number of fused-ring (bicyclic) bond motifs is 2. The SMILES string of the molecule is Cc1nc2nc(C(F)(F)F)nn2c(C)c1CCC(=O)N1CCc2c(F)cc(F)cc21. The van der Waals surface area contributed by atoms with Gasteiger partial charge in [0, 0.05) is 36.0 Å². The number of anilines is 1. The van der Waals surface area contributed by atoms with Crippen LogP contribution in [0.4, 0.5) is 27.6 Å². The molecule has 1 amide bonds. The first-order chi connectivity index (χ1) is 14.1. The summed E-state index contributed by atoms with van der Waals surface area (Å²) in [6.07, 6.45) is -4.23. The summed E-state index contributed by atoms with van der Waals surface area (Å²) in [5.74, 6) is -3.25. The van der Waals surface area contributed by atoms with Crippen molar-refractivity contribution >= 4 is 17.4 Å². The van der Waals surface area contributed by atoms with Crippen LogP contribution in [0.2, 0.25) is 0 Å². The number of alkyl halides is 3. The van der Waals surface area contributed by atoms with Crippen molar-refractivity contribution in [1.29, 1.82) is 0 Å². The Hall–Kier alpha value is -3.11. The van der Waals surface area contributed by atoms with E-state index in [1.54, 1.807) is 13.8 Å². The fraction of sp³-hybridized carbons (Fsp3) is 0.368. The van der Waals surface area contributed by atoms with Gasteiger partial charge in [-0.1, -0.05) is 0 Å². The Kier molecular flexibility index (Phi) is 4.70. The van der Waals surface area contributed by atoms with Crippen LogP contribution in [0, 0.1) is 25.5 Å². The van der Waals surface area contributed by atoms with E-state index >= 15 is 0 Å². The topological polar surface area (TPSA) is 63.4 Å². The molecule has 158 valence electrons. The van der Waals surface area contributed by atoms with Crippen molar-refractivity contribution in [1.82, 2.24) is 19.6 Å². The Morgan fingerprint density at radius 3 is 2.60 bits per heavy atom. The summed E-state index contributed by atoms with van der Waals surface area (Å²) in [7, 11) is 0. The molecule has 0 unspecified atom stereocenters. The molecule has 0 spiro atoms. The van der Waals surface area contributed by atoms with Gasteiger partial charge in [-0.3, -0.25) is 4.79 Å². The number of nitrogens with zero attached hydrogens (tertiary/aromatic N) is 5. The smallest absolute Gasteiger partial charge is 0.312 e. The van der Waals surface area contributed by atoms with Crippen molar-refractivity contribution in [2.45, 2.75) is 39.3 Å². The number of carbonyl (C=O) groups excluding carboxylic acids is 1. The first kappa shape index (κ1) is 20.2. The third-order valence-corrected chi connectivity index (χ3v) is 5.21. The summed E-state index contributed by atoms with van der Waals surface area (Å²) in [5, 5.41) is 3.48. The molecule has 0 atom stereocenters. The Balaban J connectivity index is 1.58. The molecule has 0 bridgehead atoms. The van der Waals surface area contributed by atoms with Crippen molar-refractivity contribution in [2.75, 3.05) is 11.4 Å². The number of carbonyl (C=O) groups is 1. The minimum absolute atomic E-state index is 0.00668. The van der Waals surface area contributed by atoms with Gasteiger partial charge in [0.15, 0.2) is 0 Å². The first-order valence-electron chi connectivity index (χ1n) is 9.14. The van der Waals surface area contributed by atoms with Crippen LogP contribution in [0.25, 0.3) is 5.78 Å². The van der Waals surface area contributed by atoms with E-state index in [-0.39, 0.29) is 43.2 Å². The van der Waals surface area contributed by atoms with Gasteiger partial charge in [0.25, 0.3) is 11.6 Å². The number of benzene rings is 1. The average Bonchev–Trinajstić information content (AvgIpc) is 3.25. The fourth-order valence-corrected chi connectivity index (χ4v) is 3.74. The molecule has 4 rings (SSSR count). The van der Waals surface area contributed by atoms with E-state index in [4.69, 9.17) is 0 Å². The Labute approximate surface area is 167 Å². The van der Waals surface area contributed by atoms with Crippen molar-refractivity contribution in [3.63, 3.8) is 0 Å². The van der Waals surface area contributed by atoms with Crippen LogP contribution >= 0.6 is 0 Å². The molecule has 0 saturated carbocycles. The van der Waals surface area contributed by atoms with E-state index < -0.39 is 23.6 Å². The summed E-state index contributed by atoms with van der Waals surface area (Å²) in [6.45, 7) is 3.43. The summed E-state index contributed by atoms with van der Waals surface area (Å²) in [5.41, 5.74) is 1.91. The van der Waals surface area contributed by atoms with Crippen LogP contribution in [-0.2, 0) is 23.8 Å². The van der Waals surface area contributed by atoms with Gasteiger partial charge < -0.3 is 4.90 Å². The quantitative estimate of drug-likeness (QED) is 0.602. The van der Waals surface area contributed by atoms with Gasteiger partial charge in [0.1, 0.15) is 11.6 Å². The molecule has 2 aromatic heterocycles. The van der Waals surface area contributed by atoms with E-state index in [1.807, 2.05) is 0 Å². The molecule has 3 aromatic rings. The van der Waals surface area contributed by atoms with Crippen molar-refractivity contribution in [3.8, 4) is 0 Å². The summed E-state index contributed by atoms with van der Waals surface area (Å²) in [4.78, 5) is 21.5. The zero-order chi connectivity index (χ0) is 21.8. The van der Waals surface area contributed by atoms with Crippen LogP contribution in [0.3, 0.4) is 0 Å². The maximum absolute atomic E-state index is 13.9. The van der Waals surface area contributed by atoms with Crippen molar-refractivity contribution in [2.24, 2.45) is 0 Å². The zero-order valence-electron chi connectivity index (χ0n) is 16.0. The lowest BCUT2D eigenvalue weighted by molar-refractivity contribution is -0.144. The molecular weight excluding hydrogens is 409 g/mol. The van der Waals surface area contributed by atoms with E-state index in [0.717, 1.165) is 16.6 Å². The molecule has 1 aromatic carbocycles. The molecule has 1 aliphatic heterocycles. The van der Waals surface area contributed by atoms with E-state index in [1.165, 1.54) is 4.90 Å². The lowest BCUT2D eigenvalue weighted by Crippen LogP contribution is -2.29. The molecule has 30 heavy (non-hydrogen) atoms. The fourth-order valence-electron chi connectivity index (χ4n) is 3.74.